The first-order valence-corrected chi connectivity index (χ1v) is 8.67. The van der Waals surface area contributed by atoms with Crippen LogP contribution in [-0.4, -0.2) is 35.9 Å². The Morgan fingerprint density at radius 1 is 1.14 bits per heavy atom. The minimum atomic E-state index is -4.53. The van der Waals surface area contributed by atoms with Gasteiger partial charge >= 0.3 is 6.18 Å². The predicted molar refractivity (Wildman–Crippen MR) is 99.1 cm³/mol. The van der Waals surface area contributed by atoms with Gasteiger partial charge in [0.2, 0.25) is 5.91 Å². The molecule has 2 rings (SSSR count). The molecule has 6 nitrogen and oxygen atoms in total. The largest absolute Gasteiger partial charge is 0.419 e. The number of hydrogen-bond acceptors (Lipinski definition) is 4. The van der Waals surface area contributed by atoms with Crippen LogP contribution in [-0.2, 0) is 11.0 Å². The third kappa shape index (κ3) is 5.85. The molecule has 0 aliphatic heterocycles. The van der Waals surface area contributed by atoms with Gasteiger partial charge in [-0.25, -0.2) is 4.98 Å². The number of nitrogens with one attached hydrogen (secondary N) is 3. The fraction of sp³-hybridized carbons (Fsp3) is 0.278. The average molecular weight is 415 g/mol. The number of rotatable bonds is 7. The quantitative estimate of drug-likeness (QED) is 0.608. The summed E-state index contributed by atoms with van der Waals surface area (Å²) in [6, 6.07) is 7.65. The van der Waals surface area contributed by atoms with Gasteiger partial charge in [-0.3, -0.25) is 9.59 Å². The van der Waals surface area contributed by atoms with Crippen molar-refractivity contribution in [3.63, 3.8) is 0 Å². The lowest BCUT2D eigenvalue weighted by molar-refractivity contribution is -0.137. The minimum absolute atomic E-state index is 0.0248. The Morgan fingerprint density at radius 2 is 1.86 bits per heavy atom. The van der Waals surface area contributed by atoms with Crippen LogP contribution in [0, 0.1) is 0 Å². The molecule has 0 radical (unpaired) electrons. The van der Waals surface area contributed by atoms with Crippen LogP contribution in [0.1, 0.15) is 22.8 Å². The number of halogens is 4. The highest BCUT2D eigenvalue weighted by Crippen LogP contribution is 2.33. The molecule has 1 aromatic heterocycles. The molecule has 0 bridgehead atoms. The molecule has 28 heavy (non-hydrogen) atoms. The van der Waals surface area contributed by atoms with E-state index in [9.17, 15) is 22.8 Å². The lowest BCUT2D eigenvalue weighted by Gasteiger charge is -2.16. The van der Waals surface area contributed by atoms with Crippen LogP contribution in [0.25, 0.3) is 0 Å². The van der Waals surface area contributed by atoms with Crippen molar-refractivity contribution >= 4 is 29.2 Å². The second kappa shape index (κ2) is 9.41. The van der Waals surface area contributed by atoms with E-state index in [2.05, 4.69) is 20.9 Å². The maximum absolute atomic E-state index is 12.9. The van der Waals surface area contributed by atoms with Crippen LogP contribution < -0.4 is 16.0 Å². The maximum atomic E-state index is 12.9. The molecule has 0 aliphatic carbocycles. The van der Waals surface area contributed by atoms with Crippen molar-refractivity contribution in [3.8, 4) is 0 Å². The second-order valence-electron chi connectivity index (χ2n) is 5.79. The molecule has 1 heterocycles. The Kier molecular flexibility index (Phi) is 7.22. The van der Waals surface area contributed by atoms with Crippen molar-refractivity contribution in [1.82, 2.24) is 15.6 Å². The highest BCUT2D eigenvalue weighted by Gasteiger charge is 2.33. The Labute approximate surface area is 164 Å². The number of hydrogen-bond donors (Lipinski definition) is 3. The smallest absolute Gasteiger partial charge is 0.368 e. The van der Waals surface area contributed by atoms with Crippen LogP contribution in [0.4, 0.5) is 19.0 Å². The molecule has 3 N–H and O–H groups in total. The molecule has 0 spiro atoms. The standard InChI is InChI=1S/C18H18ClF3N4O2/c1-11(26-17(28)12-5-2-3-7-14(12)19)16(27)25-10-9-24-15-13(18(20,21)22)6-4-8-23-15/h2-8,11H,9-10H2,1H3,(H,23,24)(H,25,27)(H,26,28). The van der Waals surface area contributed by atoms with E-state index < -0.39 is 29.6 Å². The topological polar surface area (TPSA) is 83.1 Å². The lowest BCUT2D eigenvalue weighted by Crippen LogP contribution is -2.45. The fourth-order valence-electron chi connectivity index (χ4n) is 2.28. The Morgan fingerprint density at radius 3 is 2.54 bits per heavy atom. The van der Waals surface area contributed by atoms with Gasteiger partial charge in [0.05, 0.1) is 16.1 Å². The van der Waals surface area contributed by atoms with E-state index in [1.54, 1.807) is 18.2 Å². The molecule has 1 aromatic carbocycles. The molecule has 0 aliphatic rings. The van der Waals surface area contributed by atoms with Crippen molar-refractivity contribution in [2.24, 2.45) is 0 Å². The monoisotopic (exact) mass is 414 g/mol. The lowest BCUT2D eigenvalue weighted by atomic mass is 10.2. The third-order valence-electron chi connectivity index (χ3n) is 3.69. The molecule has 0 fully saturated rings. The summed E-state index contributed by atoms with van der Waals surface area (Å²) in [6.07, 6.45) is -3.29. The number of amides is 2. The maximum Gasteiger partial charge on any atom is 0.419 e. The zero-order valence-electron chi connectivity index (χ0n) is 14.8. The van der Waals surface area contributed by atoms with Crippen molar-refractivity contribution in [2.75, 3.05) is 18.4 Å². The van der Waals surface area contributed by atoms with Gasteiger partial charge in [0.1, 0.15) is 11.9 Å². The number of anilines is 1. The van der Waals surface area contributed by atoms with Gasteiger partial charge in [-0.05, 0) is 31.2 Å². The number of benzene rings is 1. The molecule has 1 atom stereocenters. The average Bonchev–Trinajstić information content (AvgIpc) is 2.64. The normalized spacial score (nSPS) is 12.2. The van der Waals surface area contributed by atoms with E-state index in [0.29, 0.717) is 0 Å². The molecular weight excluding hydrogens is 397 g/mol. The van der Waals surface area contributed by atoms with Crippen LogP contribution in [0.2, 0.25) is 5.02 Å². The van der Waals surface area contributed by atoms with Gasteiger partial charge in [-0.15, -0.1) is 0 Å². The van der Waals surface area contributed by atoms with Gasteiger partial charge in [0.25, 0.3) is 5.91 Å². The summed E-state index contributed by atoms with van der Waals surface area (Å²) < 4.78 is 38.6. The Hall–Kier alpha value is -2.81. The summed E-state index contributed by atoms with van der Waals surface area (Å²) in [7, 11) is 0. The first-order chi connectivity index (χ1) is 13.2. The fourth-order valence-corrected chi connectivity index (χ4v) is 2.50. The molecule has 10 heteroatoms. The predicted octanol–water partition coefficient (Wildman–Crippen LogP) is 3.10. The SMILES string of the molecule is CC(NC(=O)c1ccccc1Cl)C(=O)NCCNc1ncccc1C(F)(F)F. The number of pyridine rings is 1. The summed E-state index contributed by atoms with van der Waals surface area (Å²) in [6.45, 7) is 1.55. The molecule has 0 saturated carbocycles. The van der Waals surface area contributed by atoms with Crippen LogP contribution >= 0.6 is 11.6 Å². The molecule has 2 amide bonds. The molecule has 0 saturated heterocycles. The van der Waals surface area contributed by atoms with Crippen LogP contribution in [0.5, 0.6) is 0 Å². The van der Waals surface area contributed by atoms with Crippen molar-refractivity contribution in [3.05, 3.63) is 58.7 Å². The number of nitrogens with zero attached hydrogens (tertiary/aromatic N) is 1. The van der Waals surface area contributed by atoms with E-state index in [4.69, 9.17) is 11.6 Å². The zero-order chi connectivity index (χ0) is 20.7. The number of carbonyl (C=O) groups excluding carboxylic acids is 2. The summed E-state index contributed by atoms with van der Waals surface area (Å²) in [5.41, 5.74) is -0.651. The molecule has 150 valence electrons. The van der Waals surface area contributed by atoms with Gasteiger partial charge in [-0.1, -0.05) is 23.7 Å². The first-order valence-electron chi connectivity index (χ1n) is 8.29. The summed E-state index contributed by atoms with van der Waals surface area (Å²) in [4.78, 5) is 27.8. The Balaban J connectivity index is 1.81. The second-order valence-corrected chi connectivity index (χ2v) is 6.20. The Bertz CT molecular complexity index is 846. The van der Waals surface area contributed by atoms with Crippen molar-refractivity contribution in [2.45, 2.75) is 19.1 Å². The summed E-state index contributed by atoms with van der Waals surface area (Å²) in [5.74, 6) is -1.31. The highest BCUT2D eigenvalue weighted by molar-refractivity contribution is 6.33. The summed E-state index contributed by atoms with van der Waals surface area (Å²) >= 11 is 5.93. The van der Waals surface area contributed by atoms with Crippen LogP contribution in [0.3, 0.4) is 0 Å². The van der Waals surface area contributed by atoms with E-state index >= 15 is 0 Å². The summed E-state index contributed by atoms with van der Waals surface area (Å²) in [5, 5.41) is 7.83. The van der Waals surface area contributed by atoms with E-state index in [0.717, 1.165) is 6.07 Å². The van der Waals surface area contributed by atoms with Crippen molar-refractivity contribution < 1.29 is 22.8 Å². The molecule has 1 unspecified atom stereocenters. The first kappa shape index (κ1) is 21.5. The van der Waals surface area contributed by atoms with Gasteiger partial charge < -0.3 is 16.0 Å². The minimum Gasteiger partial charge on any atom is -0.368 e. The highest BCUT2D eigenvalue weighted by atomic mass is 35.5. The molecule has 2 aromatic rings. The zero-order valence-corrected chi connectivity index (χ0v) is 15.6. The molecular formula is C18H18ClF3N4O2. The number of alkyl halides is 3. The van der Waals surface area contributed by atoms with Crippen LogP contribution in [0.15, 0.2) is 42.6 Å². The van der Waals surface area contributed by atoms with E-state index in [-0.39, 0.29) is 29.5 Å². The number of aromatic nitrogens is 1. The van der Waals surface area contributed by atoms with Gasteiger partial charge in [0.15, 0.2) is 0 Å². The van der Waals surface area contributed by atoms with Gasteiger partial charge in [-0.2, -0.15) is 13.2 Å². The van der Waals surface area contributed by atoms with Crippen molar-refractivity contribution in [1.29, 1.82) is 0 Å². The third-order valence-corrected chi connectivity index (χ3v) is 4.02. The van der Waals surface area contributed by atoms with E-state index in [1.807, 2.05) is 0 Å². The number of carbonyl (C=O) groups is 2. The van der Waals surface area contributed by atoms with E-state index in [1.165, 1.54) is 25.3 Å². The van der Waals surface area contributed by atoms with Gasteiger partial charge in [0, 0.05) is 19.3 Å².